The zero-order valence-electron chi connectivity index (χ0n) is 17.0. The van der Waals surface area contributed by atoms with Crippen LogP contribution in [0.25, 0.3) is 0 Å². The van der Waals surface area contributed by atoms with E-state index < -0.39 is 5.60 Å². The molecule has 6 nitrogen and oxygen atoms in total. The average molecular weight is 376 g/mol. The molecular formula is C21H33N3O3. The number of nitrogens with one attached hydrogen (secondary N) is 1. The highest BCUT2D eigenvalue weighted by Crippen LogP contribution is 2.36. The predicted octanol–water partition coefficient (Wildman–Crippen LogP) is 3.75. The molecule has 0 bridgehead atoms. The summed E-state index contributed by atoms with van der Waals surface area (Å²) in [5.74, 6) is 1.15. The van der Waals surface area contributed by atoms with Crippen LogP contribution in [0.15, 0.2) is 18.3 Å². The van der Waals surface area contributed by atoms with Crippen molar-refractivity contribution in [3.05, 3.63) is 23.9 Å². The molecule has 0 spiro atoms. The number of methoxy groups -OCH3 is 1. The van der Waals surface area contributed by atoms with Crippen molar-refractivity contribution in [1.82, 2.24) is 15.2 Å². The molecule has 0 aromatic carbocycles. The number of carbonyl (C=O) groups excluding carboxylic acids is 1. The maximum atomic E-state index is 12.7. The van der Waals surface area contributed by atoms with Gasteiger partial charge in [0.05, 0.1) is 7.11 Å². The number of nitrogens with zero attached hydrogens (tertiary/aromatic N) is 2. The normalized spacial score (nSPS) is 25.6. The Morgan fingerprint density at radius 3 is 2.85 bits per heavy atom. The van der Waals surface area contributed by atoms with Crippen molar-refractivity contribution >= 4 is 6.09 Å². The van der Waals surface area contributed by atoms with Crippen LogP contribution in [-0.2, 0) is 11.3 Å². The molecule has 150 valence electrons. The summed E-state index contributed by atoms with van der Waals surface area (Å²) in [6, 6.07) is 4.66. The first-order valence-electron chi connectivity index (χ1n) is 10.1. The van der Waals surface area contributed by atoms with E-state index in [1.807, 2.05) is 37.8 Å². The number of amides is 1. The number of carbonyl (C=O) groups is 1. The first-order chi connectivity index (χ1) is 12.9. The van der Waals surface area contributed by atoms with E-state index in [1.165, 1.54) is 6.42 Å². The number of hydrogen-bond acceptors (Lipinski definition) is 5. The first kappa shape index (κ1) is 19.9. The molecule has 1 amide bonds. The van der Waals surface area contributed by atoms with Crippen LogP contribution in [0, 0.1) is 5.92 Å². The summed E-state index contributed by atoms with van der Waals surface area (Å²) >= 11 is 0. The van der Waals surface area contributed by atoms with Crippen LogP contribution in [0.2, 0.25) is 0 Å². The number of pyridine rings is 1. The lowest BCUT2D eigenvalue weighted by Crippen LogP contribution is -2.47. The van der Waals surface area contributed by atoms with Gasteiger partial charge in [-0.3, -0.25) is 0 Å². The van der Waals surface area contributed by atoms with Gasteiger partial charge >= 0.3 is 6.09 Å². The molecule has 0 radical (unpaired) electrons. The summed E-state index contributed by atoms with van der Waals surface area (Å²) in [6.07, 6.45) is 7.22. The van der Waals surface area contributed by atoms with Crippen molar-refractivity contribution in [2.24, 2.45) is 5.92 Å². The van der Waals surface area contributed by atoms with Gasteiger partial charge in [0.15, 0.2) is 0 Å². The van der Waals surface area contributed by atoms with Crippen molar-refractivity contribution in [3.63, 3.8) is 0 Å². The molecule has 3 atom stereocenters. The summed E-state index contributed by atoms with van der Waals surface area (Å²) < 4.78 is 11.0. The Morgan fingerprint density at radius 2 is 2.11 bits per heavy atom. The Balaban J connectivity index is 1.64. The van der Waals surface area contributed by atoms with Crippen LogP contribution in [-0.4, -0.2) is 47.3 Å². The molecule has 3 rings (SSSR count). The molecule has 6 heteroatoms. The van der Waals surface area contributed by atoms with Crippen LogP contribution in [0.5, 0.6) is 5.88 Å². The van der Waals surface area contributed by atoms with Gasteiger partial charge in [-0.05, 0) is 58.4 Å². The second kappa shape index (κ2) is 8.46. The number of aromatic nitrogens is 1. The molecular weight excluding hydrogens is 342 g/mol. The molecule has 2 fully saturated rings. The average Bonchev–Trinajstić information content (AvgIpc) is 3.27. The van der Waals surface area contributed by atoms with Gasteiger partial charge in [0.1, 0.15) is 5.60 Å². The van der Waals surface area contributed by atoms with E-state index in [4.69, 9.17) is 9.47 Å². The molecule has 2 heterocycles. The number of hydrogen-bond donors (Lipinski definition) is 1. The van der Waals surface area contributed by atoms with Gasteiger partial charge in [0.2, 0.25) is 5.88 Å². The standard InChI is InChI=1S/C21H33N3O3/c1-21(2,3)27-20(25)24-13-7-11-18(24)16-9-5-10-17(16)23-14-15-8-6-12-22-19(15)26-4/h6,8,12,16-18,23H,5,7,9-11,13-14H2,1-4H3. The Bertz CT molecular complexity index is 644. The van der Waals surface area contributed by atoms with E-state index in [-0.39, 0.29) is 12.1 Å². The molecule has 27 heavy (non-hydrogen) atoms. The Hall–Kier alpha value is -1.82. The molecule has 1 N–H and O–H groups in total. The van der Waals surface area contributed by atoms with Gasteiger partial charge in [-0.15, -0.1) is 0 Å². The van der Waals surface area contributed by atoms with Gasteiger partial charge < -0.3 is 19.7 Å². The van der Waals surface area contributed by atoms with Crippen LogP contribution < -0.4 is 10.1 Å². The minimum atomic E-state index is -0.450. The Morgan fingerprint density at radius 1 is 1.30 bits per heavy atom. The van der Waals surface area contributed by atoms with Gasteiger partial charge in [-0.25, -0.2) is 9.78 Å². The van der Waals surface area contributed by atoms with E-state index in [0.29, 0.717) is 17.8 Å². The zero-order chi connectivity index (χ0) is 19.4. The maximum absolute atomic E-state index is 12.7. The third kappa shape index (κ3) is 4.92. The summed E-state index contributed by atoms with van der Waals surface area (Å²) in [7, 11) is 1.65. The Kier molecular flexibility index (Phi) is 6.25. The quantitative estimate of drug-likeness (QED) is 0.849. The van der Waals surface area contributed by atoms with Crippen molar-refractivity contribution in [3.8, 4) is 5.88 Å². The van der Waals surface area contributed by atoms with Gasteiger partial charge in [0, 0.05) is 36.9 Å². The molecule has 1 aliphatic carbocycles. The molecule has 1 saturated carbocycles. The van der Waals surface area contributed by atoms with Crippen LogP contribution in [0.1, 0.15) is 58.4 Å². The third-order valence-electron chi connectivity index (χ3n) is 5.59. The SMILES string of the molecule is COc1ncccc1CNC1CCCC1C1CCCN1C(=O)OC(C)(C)C. The number of ether oxygens (including phenoxy) is 2. The number of likely N-dealkylation sites (tertiary alicyclic amines) is 1. The highest BCUT2D eigenvalue weighted by molar-refractivity contribution is 5.69. The second-order valence-corrected chi connectivity index (χ2v) is 8.64. The fourth-order valence-electron chi connectivity index (χ4n) is 4.47. The lowest BCUT2D eigenvalue weighted by Gasteiger charge is -2.34. The summed E-state index contributed by atoms with van der Waals surface area (Å²) in [5, 5.41) is 3.71. The fourth-order valence-corrected chi connectivity index (χ4v) is 4.47. The predicted molar refractivity (Wildman–Crippen MR) is 105 cm³/mol. The van der Waals surface area contributed by atoms with Crippen LogP contribution in [0.3, 0.4) is 0 Å². The Labute approximate surface area is 162 Å². The topological polar surface area (TPSA) is 63.7 Å². The summed E-state index contributed by atoms with van der Waals surface area (Å²) in [4.78, 5) is 18.9. The van der Waals surface area contributed by atoms with Crippen LogP contribution in [0.4, 0.5) is 4.79 Å². The molecule has 1 aromatic heterocycles. The highest BCUT2D eigenvalue weighted by Gasteiger charge is 2.41. The van der Waals surface area contributed by atoms with Gasteiger partial charge in [-0.2, -0.15) is 0 Å². The lowest BCUT2D eigenvalue weighted by atomic mass is 9.92. The van der Waals surface area contributed by atoms with E-state index in [1.54, 1.807) is 13.3 Å². The largest absolute Gasteiger partial charge is 0.481 e. The van der Waals surface area contributed by atoms with Gasteiger partial charge in [0.25, 0.3) is 0 Å². The molecule has 1 aliphatic heterocycles. The molecule has 3 unspecified atom stereocenters. The highest BCUT2D eigenvalue weighted by atomic mass is 16.6. The zero-order valence-corrected chi connectivity index (χ0v) is 17.0. The minimum Gasteiger partial charge on any atom is -0.481 e. The lowest BCUT2D eigenvalue weighted by molar-refractivity contribution is 0.0166. The first-order valence-corrected chi connectivity index (χ1v) is 10.1. The van der Waals surface area contributed by atoms with Gasteiger partial charge in [-0.1, -0.05) is 12.5 Å². The molecule has 1 aromatic rings. The minimum absolute atomic E-state index is 0.162. The monoisotopic (exact) mass is 375 g/mol. The van der Waals surface area contributed by atoms with E-state index in [0.717, 1.165) is 44.3 Å². The van der Waals surface area contributed by atoms with Crippen molar-refractivity contribution < 1.29 is 14.3 Å². The van der Waals surface area contributed by atoms with E-state index >= 15 is 0 Å². The summed E-state index contributed by atoms with van der Waals surface area (Å²) in [5.41, 5.74) is 0.620. The fraction of sp³-hybridized carbons (Fsp3) is 0.714. The van der Waals surface area contributed by atoms with Crippen LogP contribution >= 0.6 is 0 Å². The van der Waals surface area contributed by atoms with Crippen molar-refractivity contribution in [2.45, 2.75) is 77.1 Å². The number of rotatable bonds is 5. The van der Waals surface area contributed by atoms with E-state index in [2.05, 4.69) is 10.3 Å². The van der Waals surface area contributed by atoms with Crippen molar-refractivity contribution in [2.75, 3.05) is 13.7 Å². The molecule has 2 aliphatic rings. The maximum Gasteiger partial charge on any atom is 0.410 e. The summed E-state index contributed by atoms with van der Waals surface area (Å²) in [6.45, 7) is 7.32. The second-order valence-electron chi connectivity index (χ2n) is 8.64. The smallest absolute Gasteiger partial charge is 0.410 e. The van der Waals surface area contributed by atoms with Crippen molar-refractivity contribution in [1.29, 1.82) is 0 Å². The third-order valence-corrected chi connectivity index (χ3v) is 5.59. The molecule has 1 saturated heterocycles. The van der Waals surface area contributed by atoms with E-state index in [9.17, 15) is 4.79 Å².